The monoisotopic (exact) mass is 272 g/mol. The van der Waals surface area contributed by atoms with Crippen LogP contribution in [0.25, 0.3) is 6.08 Å². The highest BCUT2D eigenvalue weighted by Crippen LogP contribution is 2.19. The number of nitrogens with one attached hydrogen (secondary N) is 1. The third-order valence-electron chi connectivity index (χ3n) is 2.55. The fourth-order valence-corrected chi connectivity index (χ4v) is 1.61. The van der Waals surface area contributed by atoms with Crippen molar-refractivity contribution in [3.63, 3.8) is 0 Å². The van der Waals surface area contributed by atoms with Crippen molar-refractivity contribution in [3.05, 3.63) is 47.4 Å². The van der Waals surface area contributed by atoms with Crippen molar-refractivity contribution in [1.82, 2.24) is 4.98 Å². The molecule has 0 fully saturated rings. The Hall–Kier alpha value is -2.89. The van der Waals surface area contributed by atoms with Gasteiger partial charge in [0.1, 0.15) is 5.75 Å². The summed E-state index contributed by atoms with van der Waals surface area (Å²) < 4.78 is 5.12. The second kappa shape index (κ2) is 5.83. The molecule has 0 aliphatic rings. The molecule has 0 saturated heterocycles. The van der Waals surface area contributed by atoms with Gasteiger partial charge in [0.2, 0.25) is 12.2 Å². The molecule has 0 aliphatic heterocycles. The Morgan fingerprint density at radius 3 is 2.85 bits per heavy atom. The van der Waals surface area contributed by atoms with Gasteiger partial charge in [0.25, 0.3) is 0 Å². The van der Waals surface area contributed by atoms with E-state index in [0.29, 0.717) is 17.7 Å². The number of benzene rings is 1. The predicted molar refractivity (Wildman–Crippen MR) is 72.4 cm³/mol. The molecule has 2 N–H and O–H groups in total. The molecule has 0 unspecified atom stereocenters. The molecular weight excluding hydrogens is 260 g/mol. The second-order valence-corrected chi connectivity index (χ2v) is 3.95. The smallest absolute Gasteiger partial charge is 0.302 e. The van der Waals surface area contributed by atoms with Gasteiger partial charge >= 0.3 is 6.01 Å². The van der Waals surface area contributed by atoms with E-state index in [1.165, 1.54) is 18.2 Å². The number of hydrogen-bond acceptors (Lipinski definition) is 5. The highest BCUT2D eigenvalue weighted by atomic mass is 16.4. The summed E-state index contributed by atoms with van der Waals surface area (Å²) >= 11 is 0. The first kappa shape index (κ1) is 13.5. The molecule has 1 amide bonds. The number of carbonyl (C=O) groups is 2. The van der Waals surface area contributed by atoms with E-state index < -0.39 is 5.78 Å². The number of nitrogens with zero attached hydrogens (tertiary/aromatic N) is 1. The predicted octanol–water partition coefficient (Wildman–Crippen LogP) is 2.15. The van der Waals surface area contributed by atoms with E-state index >= 15 is 0 Å². The minimum absolute atomic E-state index is 0.0307. The number of aromatic nitrogens is 1. The number of oxazole rings is 1. The van der Waals surface area contributed by atoms with Gasteiger partial charge in [-0.1, -0.05) is 18.2 Å². The summed E-state index contributed by atoms with van der Waals surface area (Å²) in [5, 5.41) is 11.8. The first-order valence-electron chi connectivity index (χ1n) is 5.80. The minimum atomic E-state index is -0.405. The molecule has 2 aromatic rings. The minimum Gasteiger partial charge on any atom is -0.507 e. The topological polar surface area (TPSA) is 92.4 Å². The van der Waals surface area contributed by atoms with Crippen LogP contribution in [-0.4, -0.2) is 22.3 Å². The average Bonchev–Trinajstić information content (AvgIpc) is 2.79. The first-order valence-corrected chi connectivity index (χ1v) is 5.80. The Labute approximate surface area is 114 Å². The zero-order valence-electron chi connectivity index (χ0n) is 10.7. The van der Waals surface area contributed by atoms with Crippen LogP contribution in [0.1, 0.15) is 21.8 Å². The number of phenols is 1. The van der Waals surface area contributed by atoms with Gasteiger partial charge in [0, 0.05) is 5.56 Å². The molecule has 20 heavy (non-hydrogen) atoms. The Bertz CT molecular complexity index is 674. The maximum atomic E-state index is 11.9. The van der Waals surface area contributed by atoms with Crippen molar-refractivity contribution >= 4 is 24.3 Å². The van der Waals surface area contributed by atoms with Gasteiger partial charge in [-0.05, 0) is 25.1 Å². The molecule has 0 radical (unpaired) electrons. The second-order valence-electron chi connectivity index (χ2n) is 3.95. The number of allylic oxidation sites excluding steroid dienone is 1. The molecular formula is C14H12N2O4. The molecule has 6 nitrogen and oxygen atoms in total. The van der Waals surface area contributed by atoms with E-state index in [0.717, 1.165) is 0 Å². The van der Waals surface area contributed by atoms with Crippen molar-refractivity contribution in [1.29, 1.82) is 0 Å². The molecule has 1 heterocycles. The third-order valence-corrected chi connectivity index (χ3v) is 2.55. The van der Waals surface area contributed by atoms with Crippen LogP contribution in [0.2, 0.25) is 0 Å². The SMILES string of the molecule is Cc1nc(NC=O)oc1C(=O)C=Cc1ccccc1O. The number of hydrogen-bond donors (Lipinski definition) is 2. The Morgan fingerprint density at radius 1 is 1.40 bits per heavy atom. The average molecular weight is 272 g/mol. The number of anilines is 1. The summed E-state index contributed by atoms with van der Waals surface area (Å²) in [4.78, 5) is 26.1. The maximum Gasteiger partial charge on any atom is 0.302 e. The number of phenolic OH excluding ortho intramolecular Hbond substituents is 1. The number of aryl methyl sites for hydroxylation is 1. The van der Waals surface area contributed by atoms with E-state index in [4.69, 9.17) is 4.42 Å². The van der Waals surface area contributed by atoms with Gasteiger partial charge in [0.05, 0.1) is 5.69 Å². The summed E-state index contributed by atoms with van der Waals surface area (Å²) in [6, 6.07) is 6.60. The van der Waals surface area contributed by atoms with Gasteiger partial charge in [0.15, 0.2) is 5.76 Å². The molecule has 1 aromatic heterocycles. The number of rotatable bonds is 5. The highest BCUT2D eigenvalue weighted by Gasteiger charge is 2.14. The fourth-order valence-electron chi connectivity index (χ4n) is 1.61. The van der Waals surface area contributed by atoms with E-state index in [-0.39, 0.29) is 17.5 Å². The Balaban J connectivity index is 2.20. The zero-order valence-corrected chi connectivity index (χ0v) is 10.7. The van der Waals surface area contributed by atoms with Crippen LogP contribution in [0.5, 0.6) is 5.75 Å². The Morgan fingerprint density at radius 2 is 2.15 bits per heavy atom. The Kier molecular flexibility index (Phi) is 3.95. The molecule has 2 rings (SSSR count). The van der Waals surface area contributed by atoms with Gasteiger partial charge in [-0.15, -0.1) is 0 Å². The van der Waals surface area contributed by atoms with E-state index in [2.05, 4.69) is 10.3 Å². The van der Waals surface area contributed by atoms with E-state index in [1.54, 1.807) is 25.1 Å². The molecule has 102 valence electrons. The summed E-state index contributed by atoms with van der Waals surface area (Å²) in [6.45, 7) is 1.60. The number of amides is 1. The van der Waals surface area contributed by atoms with Crippen LogP contribution in [-0.2, 0) is 4.79 Å². The molecule has 6 heteroatoms. The van der Waals surface area contributed by atoms with Gasteiger partial charge in [-0.3, -0.25) is 14.9 Å². The standard InChI is InChI=1S/C14H12N2O4/c1-9-13(20-14(16-9)15-8-17)12(19)7-6-10-4-2-3-5-11(10)18/h2-8,18H,1H3,(H,15,16,17). The highest BCUT2D eigenvalue weighted by molar-refractivity contribution is 6.05. The largest absolute Gasteiger partial charge is 0.507 e. The quantitative estimate of drug-likeness (QED) is 0.494. The van der Waals surface area contributed by atoms with E-state index in [1.807, 2.05) is 0 Å². The van der Waals surface area contributed by atoms with Gasteiger partial charge < -0.3 is 9.52 Å². The lowest BCUT2D eigenvalue weighted by Gasteiger charge is -1.96. The van der Waals surface area contributed by atoms with Gasteiger partial charge in [-0.25, -0.2) is 0 Å². The van der Waals surface area contributed by atoms with Crippen molar-refractivity contribution < 1.29 is 19.1 Å². The number of carbonyl (C=O) groups excluding carboxylic acids is 2. The van der Waals surface area contributed by atoms with Gasteiger partial charge in [-0.2, -0.15) is 4.98 Å². The zero-order chi connectivity index (χ0) is 14.5. The summed E-state index contributed by atoms with van der Waals surface area (Å²) in [5.41, 5.74) is 0.894. The van der Waals surface area contributed by atoms with Crippen LogP contribution in [0.3, 0.4) is 0 Å². The first-order chi connectivity index (χ1) is 9.61. The van der Waals surface area contributed by atoms with Crippen molar-refractivity contribution in [3.8, 4) is 5.75 Å². The molecule has 0 atom stereocenters. The number of ketones is 1. The molecule has 0 bridgehead atoms. The van der Waals surface area contributed by atoms with E-state index in [9.17, 15) is 14.7 Å². The lowest BCUT2D eigenvalue weighted by atomic mass is 10.1. The molecule has 0 spiro atoms. The summed E-state index contributed by atoms with van der Waals surface area (Å²) in [7, 11) is 0. The van der Waals surface area contributed by atoms with Crippen LogP contribution in [0.4, 0.5) is 6.01 Å². The molecule has 0 aliphatic carbocycles. The van der Waals surface area contributed by atoms with Crippen LogP contribution in [0, 0.1) is 6.92 Å². The lowest BCUT2D eigenvalue weighted by molar-refractivity contribution is -0.105. The molecule has 1 aromatic carbocycles. The van der Waals surface area contributed by atoms with Crippen molar-refractivity contribution in [2.45, 2.75) is 6.92 Å². The summed E-state index contributed by atoms with van der Waals surface area (Å²) in [5.74, 6) is -0.285. The van der Waals surface area contributed by atoms with Crippen molar-refractivity contribution in [2.75, 3.05) is 5.32 Å². The third kappa shape index (κ3) is 2.92. The van der Waals surface area contributed by atoms with Crippen LogP contribution in [0.15, 0.2) is 34.8 Å². The normalized spacial score (nSPS) is 10.7. The van der Waals surface area contributed by atoms with Crippen LogP contribution >= 0.6 is 0 Å². The number of aromatic hydroxyl groups is 1. The maximum absolute atomic E-state index is 11.9. The van der Waals surface area contributed by atoms with Crippen LogP contribution < -0.4 is 5.32 Å². The fraction of sp³-hybridized carbons (Fsp3) is 0.0714. The van der Waals surface area contributed by atoms with Crippen molar-refractivity contribution in [2.24, 2.45) is 0 Å². The number of para-hydroxylation sites is 1. The molecule has 0 saturated carbocycles. The lowest BCUT2D eigenvalue weighted by Crippen LogP contribution is -1.94. The summed E-state index contributed by atoms with van der Waals surface area (Å²) in [6.07, 6.45) is 3.16.